The minimum atomic E-state index is 0.134. The van der Waals surface area contributed by atoms with Crippen LogP contribution in [-0.4, -0.2) is 23.5 Å². The Bertz CT molecular complexity index is 453. The molecule has 20 heavy (non-hydrogen) atoms. The zero-order valence-electron chi connectivity index (χ0n) is 12.8. The molecular weight excluding hydrogens is 268 g/mol. The highest BCUT2D eigenvalue weighted by molar-refractivity contribution is 7.09. The number of aliphatic imine (C=N–C) groups is 1. The molecule has 4 nitrogen and oxygen atoms in total. The van der Waals surface area contributed by atoms with E-state index < -0.39 is 0 Å². The van der Waals surface area contributed by atoms with Crippen molar-refractivity contribution < 1.29 is 0 Å². The summed E-state index contributed by atoms with van der Waals surface area (Å²) in [6.07, 6.45) is 5.91. The molecule has 1 fully saturated rings. The molecule has 0 unspecified atom stereocenters. The molecule has 0 spiro atoms. The first-order valence-electron chi connectivity index (χ1n) is 7.46. The van der Waals surface area contributed by atoms with Crippen LogP contribution in [0.15, 0.2) is 10.4 Å². The zero-order valence-corrected chi connectivity index (χ0v) is 13.6. The highest BCUT2D eigenvalue weighted by Crippen LogP contribution is 2.25. The van der Waals surface area contributed by atoms with Crippen LogP contribution in [-0.2, 0) is 11.8 Å². The Hall–Kier alpha value is -1.10. The molecule has 1 saturated carbocycles. The molecule has 1 aromatic heterocycles. The second-order valence-corrected chi connectivity index (χ2v) is 7.39. The van der Waals surface area contributed by atoms with Crippen molar-refractivity contribution in [1.82, 2.24) is 10.3 Å². The molecule has 5 heteroatoms. The van der Waals surface area contributed by atoms with Gasteiger partial charge in [-0.1, -0.05) is 33.6 Å². The third-order valence-electron chi connectivity index (χ3n) is 3.55. The molecule has 0 aromatic carbocycles. The van der Waals surface area contributed by atoms with Crippen molar-refractivity contribution in [2.24, 2.45) is 10.7 Å². The summed E-state index contributed by atoms with van der Waals surface area (Å²) >= 11 is 1.74. The Morgan fingerprint density at radius 2 is 2.15 bits per heavy atom. The zero-order chi connectivity index (χ0) is 14.6. The summed E-state index contributed by atoms with van der Waals surface area (Å²) in [4.78, 5) is 9.07. The topological polar surface area (TPSA) is 63.3 Å². The van der Waals surface area contributed by atoms with Gasteiger partial charge in [0.25, 0.3) is 0 Å². The van der Waals surface area contributed by atoms with E-state index in [1.807, 2.05) is 0 Å². The Balaban J connectivity index is 1.78. The van der Waals surface area contributed by atoms with E-state index in [-0.39, 0.29) is 5.41 Å². The highest BCUT2D eigenvalue weighted by atomic mass is 32.1. The molecule has 2 rings (SSSR count). The molecule has 0 aliphatic heterocycles. The molecule has 1 aliphatic rings. The average Bonchev–Trinajstić information content (AvgIpc) is 2.98. The third-order valence-corrected chi connectivity index (χ3v) is 4.87. The third kappa shape index (κ3) is 4.47. The van der Waals surface area contributed by atoms with Gasteiger partial charge in [-0.05, 0) is 12.8 Å². The van der Waals surface area contributed by atoms with Gasteiger partial charge in [0.05, 0.1) is 10.7 Å². The highest BCUT2D eigenvalue weighted by Gasteiger charge is 2.18. The fourth-order valence-corrected chi connectivity index (χ4v) is 3.32. The maximum Gasteiger partial charge on any atom is 0.188 e. The smallest absolute Gasteiger partial charge is 0.188 e. The maximum absolute atomic E-state index is 5.91. The normalized spacial score (nSPS) is 17.6. The van der Waals surface area contributed by atoms with E-state index in [0.717, 1.165) is 12.1 Å². The van der Waals surface area contributed by atoms with Gasteiger partial charge in [-0.15, -0.1) is 11.3 Å². The first-order valence-corrected chi connectivity index (χ1v) is 8.34. The van der Waals surface area contributed by atoms with E-state index in [1.54, 1.807) is 11.3 Å². The number of nitrogens with zero attached hydrogens (tertiary/aromatic N) is 2. The lowest BCUT2D eigenvalue weighted by atomic mass is 9.98. The van der Waals surface area contributed by atoms with Crippen molar-refractivity contribution >= 4 is 17.3 Å². The summed E-state index contributed by atoms with van der Waals surface area (Å²) in [5, 5.41) is 6.63. The fraction of sp³-hybridized carbons (Fsp3) is 0.733. The standard InChI is InChI=1S/C15H26N4S/c1-15(2,3)13-18-12(10-20-13)8-9-17-14(16)19-11-6-4-5-7-11/h10-11H,4-9H2,1-3H3,(H3,16,17,19). The lowest BCUT2D eigenvalue weighted by molar-refractivity contribution is 0.583. The van der Waals surface area contributed by atoms with Crippen molar-refractivity contribution in [1.29, 1.82) is 0 Å². The van der Waals surface area contributed by atoms with Crippen LogP contribution in [0.2, 0.25) is 0 Å². The molecule has 0 saturated heterocycles. The van der Waals surface area contributed by atoms with Crippen LogP contribution in [0, 0.1) is 0 Å². The first kappa shape index (κ1) is 15.3. The van der Waals surface area contributed by atoms with Gasteiger partial charge in [-0.3, -0.25) is 4.99 Å². The molecule has 112 valence electrons. The second-order valence-electron chi connectivity index (χ2n) is 6.54. The van der Waals surface area contributed by atoms with Gasteiger partial charge in [0, 0.05) is 29.8 Å². The van der Waals surface area contributed by atoms with Crippen LogP contribution in [0.25, 0.3) is 0 Å². The summed E-state index contributed by atoms with van der Waals surface area (Å²) in [6, 6.07) is 0.533. The number of guanidine groups is 1. The SMILES string of the molecule is CC(C)(C)c1nc(CCN=C(N)NC2CCCC2)cs1. The summed E-state index contributed by atoms with van der Waals surface area (Å²) in [7, 11) is 0. The molecule has 0 atom stereocenters. The largest absolute Gasteiger partial charge is 0.370 e. The summed E-state index contributed by atoms with van der Waals surface area (Å²) < 4.78 is 0. The molecule has 0 bridgehead atoms. The number of thiazole rings is 1. The molecule has 0 radical (unpaired) electrons. The molecule has 1 heterocycles. The molecule has 0 amide bonds. The number of hydrogen-bond acceptors (Lipinski definition) is 3. The van der Waals surface area contributed by atoms with Crippen molar-refractivity contribution in [3.05, 3.63) is 16.1 Å². The van der Waals surface area contributed by atoms with Gasteiger partial charge in [0.1, 0.15) is 0 Å². The Labute approximate surface area is 125 Å². The van der Waals surface area contributed by atoms with Gasteiger partial charge in [-0.25, -0.2) is 4.98 Å². The number of nitrogens with two attached hydrogens (primary N) is 1. The molecule has 3 N–H and O–H groups in total. The minimum Gasteiger partial charge on any atom is -0.370 e. The van der Waals surface area contributed by atoms with E-state index in [1.165, 1.54) is 30.7 Å². The van der Waals surface area contributed by atoms with E-state index in [4.69, 9.17) is 5.73 Å². The predicted molar refractivity (Wildman–Crippen MR) is 86.4 cm³/mol. The number of nitrogens with one attached hydrogen (secondary N) is 1. The van der Waals surface area contributed by atoms with Crippen LogP contribution < -0.4 is 11.1 Å². The van der Waals surface area contributed by atoms with Crippen LogP contribution in [0.5, 0.6) is 0 Å². The lowest BCUT2D eigenvalue weighted by Crippen LogP contribution is -2.38. The molecular formula is C15H26N4S. The van der Waals surface area contributed by atoms with Crippen molar-refractivity contribution in [2.75, 3.05) is 6.54 Å². The average molecular weight is 294 g/mol. The molecule has 1 aliphatic carbocycles. The van der Waals surface area contributed by atoms with Gasteiger partial charge in [0.15, 0.2) is 5.96 Å². The van der Waals surface area contributed by atoms with Crippen molar-refractivity contribution in [3.63, 3.8) is 0 Å². The Morgan fingerprint density at radius 3 is 2.75 bits per heavy atom. The number of rotatable bonds is 4. The quantitative estimate of drug-likeness (QED) is 0.663. The van der Waals surface area contributed by atoms with Crippen LogP contribution in [0.4, 0.5) is 0 Å². The summed E-state index contributed by atoms with van der Waals surface area (Å²) in [5.41, 5.74) is 7.17. The van der Waals surface area contributed by atoms with Crippen molar-refractivity contribution in [3.8, 4) is 0 Å². The van der Waals surface area contributed by atoms with Crippen LogP contribution in [0.1, 0.15) is 57.2 Å². The van der Waals surface area contributed by atoms with Gasteiger partial charge >= 0.3 is 0 Å². The van der Waals surface area contributed by atoms with Gasteiger partial charge in [-0.2, -0.15) is 0 Å². The number of hydrogen-bond donors (Lipinski definition) is 2. The number of aromatic nitrogens is 1. The fourth-order valence-electron chi connectivity index (χ4n) is 2.38. The summed E-state index contributed by atoms with van der Waals surface area (Å²) in [6.45, 7) is 7.28. The van der Waals surface area contributed by atoms with Crippen LogP contribution >= 0.6 is 11.3 Å². The van der Waals surface area contributed by atoms with E-state index in [2.05, 4.69) is 41.4 Å². The van der Waals surface area contributed by atoms with Gasteiger partial charge in [0.2, 0.25) is 0 Å². The van der Waals surface area contributed by atoms with E-state index in [0.29, 0.717) is 18.5 Å². The molecule has 1 aromatic rings. The van der Waals surface area contributed by atoms with Crippen LogP contribution in [0.3, 0.4) is 0 Å². The lowest BCUT2D eigenvalue weighted by Gasteiger charge is -2.13. The first-order chi connectivity index (χ1) is 9.45. The maximum atomic E-state index is 5.91. The van der Waals surface area contributed by atoms with E-state index in [9.17, 15) is 0 Å². The minimum absolute atomic E-state index is 0.134. The van der Waals surface area contributed by atoms with Crippen molar-refractivity contribution in [2.45, 2.75) is 64.3 Å². The van der Waals surface area contributed by atoms with E-state index >= 15 is 0 Å². The second kappa shape index (κ2) is 6.57. The Kier molecular flexibility index (Phi) is 5.02. The monoisotopic (exact) mass is 294 g/mol. The van der Waals surface area contributed by atoms with Gasteiger partial charge < -0.3 is 11.1 Å². The summed E-state index contributed by atoms with van der Waals surface area (Å²) in [5.74, 6) is 0.586. The Morgan fingerprint density at radius 1 is 1.45 bits per heavy atom. The predicted octanol–water partition coefficient (Wildman–Crippen LogP) is 2.83.